The third-order valence-electron chi connectivity index (χ3n) is 6.47. The Hall–Kier alpha value is -0.983. The van der Waals surface area contributed by atoms with Crippen LogP contribution in [0.15, 0.2) is 24.3 Å². The van der Waals surface area contributed by atoms with Crippen molar-refractivity contribution >= 4 is 37.5 Å². The Kier molecular flexibility index (Phi) is 7.62. The molecule has 2 aromatic rings. The maximum Gasteiger partial charge on any atom is 0.200 e. The molecule has 30 heavy (non-hydrogen) atoms. The molecule has 2 heterocycles. The second-order valence-corrected chi connectivity index (χ2v) is 16.2. The number of hydrogen-bond donors (Lipinski definition) is 0. The van der Waals surface area contributed by atoms with Crippen molar-refractivity contribution in [1.29, 1.82) is 0 Å². The van der Waals surface area contributed by atoms with E-state index in [1.54, 1.807) is 0 Å². The highest BCUT2D eigenvalue weighted by Gasteiger charge is 2.45. The molecule has 164 valence electrons. The van der Waals surface area contributed by atoms with E-state index >= 15 is 0 Å². The number of carbonyl (C=O) groups is 1. The van der Waals surface area contributed by atoms with Gasteiger partial charge in [0, 0.05) is 15.5 Å². The van der Waals surface area contributed by atoms with Crippen molar-refractivity contribution in [2.24, 2.45) is 0 Å². The summed E-state index contributed by atoms with van der Waals surface area (Å²) in [4.78, 5) is 13.4. The highest BCUT2D eigenvalue weighted by molar-refractivity contribution is 7.13. The van der Waals surface area contributed by atoms with Crippen molar-refractivity contribution in [2.45, 2.75) is 77.3 Å². The molecule has 6 heteroatoms. The zero-order chi connectivity index (χ0) is 22.1. The summed E-state index contributed by atoms with van der Waals surface area (Å²) in [5, 5.41) is 0.707. The zero-order valence-electron chi connectivity index (χ0n) is 18.8. The van der Waals surface area contributed by atoms with Gasteiger partial charge in [0.15, 0.2) is 6.29 Å². The SMILES string of the molecule is CC(C)[Si](OCc1sc(C=O)cc1C1OCCc2ccc(Cl)cc21)(C(C)C)C(C)C. The number of halogens is 1. The molecule has 0 saturated carbocycles. The molecule has 3 nitrogen and oxygen atoms in total. The first-order chi connectivity index (χ1) is 14.2. The molecule has 0 radical (unpaired) electrons. The van der Waals surface area contributed by atoms with Crippen LogP contribution >= 0.6 is 22.9 Å². The van der Waals surface area contributed by atoms with Crippen LogP contribution in [0.25, 0.3) is 0 Å². The highest BCUT2D eigenvalue weighted by Crippen LogP contribution is 2.44. The van der Waals surface area contributed by atoms with E-state index in [0.29, 0.717) is 39.7 Å². The van der Waals surface area contributed by atoms with E-state index < -0.39 is 8.32 Å². The van der Waals surface area contributed by atoms with E-state index in [2.05, 4.69) is 47.6 Å². The second kappa shape index (κ2) is 9.66. The lowest BCUT2D eigenvalue weighted by Gasteiger charge is -2.42. The number of aldehydes is 1. The minimum absolute atomic E-state index is 0.204. The Morgan fingerprint density at radius 1 is 1.13 bits per heavy atom. The maximum absolute atomic E-state index is 11.6. The van der Waals surface area contributed by atoms with E-state index in [1.165, 1.54) is 16.9 Å². The van der Waals surface area contributed by atoms with Crippen LogP contribution in [0.5, 0.6) is 0 Å². The van der Waals surface area contributed by atoms with Gasteiger partial charge in [0.1, 0.15) is 6.10 Å². The molecule has 0 aliphatic carbocycles. The normalized spacial score (nSPS) is 17.1. The van der Waals surface area contributed by atoms with E-state index in [-0.39, 0.29) is 6.10 Å². The fraction of sp³-hybridized carbons (Fsp3) is 0.542. The van der Waals surface area contributed by atoms with Crippen LogP contribution in [-0.2, 0) is 22.2 Å². The first-order valence-corrected chi connectivity index (χ1v) is 14.2. The van der Waals surface area contributed by atoms with Gasteiger partial charge in [0.05, 0.1) is 18.1 Å². The van der Waals surface area contributed by atoms with Gasteiger partial charge in [0.25, 0.3) is 0 Å². The zero-order valence-corrected chi connectivity index (χ0v) is 21.4. The Bertz CT molecular complexity index is 869. The van der Waals surface area contributed by atoms with Crippen LogP contribution in [0.1, 0.15) is 78.9 Å². The molecule has 1 atom stereocenters. The lowest BCUT2D eigenvalue weighted by molar-refractivity contribution is 0.0688. The summed E-state index contributed by atoms with van der Waals surface area (Å²) < 4.78 is 13.1. The standard InChI is InChI=1S/C24H33ClO3SSi/c1-15(2)30(16(3)4,17(5)6)28-14-23-22(12-20(13-26)29-23)24-21-11-19(25)8-7-18(21)9-10-27-24/h7-8,11-13,15-17,24H,9-10,14H2,1-6H3. The molecule has 0 amide bonds. The number of benzene rings is 1. The van der Waals surface area contributed by atoms with Crippen LogP contribution in [0.3, 0.4) is 0 Å². The highest BCUT2D eigenvalue weighted by atomic mass is 35.5. The largest absolute Gasteiger partial charge is 0.411 e. The lowest BCUT2D eigenvalue weighted by Crippen LogP contribution is -2.47. The Morgan fingerprint density at radius 2 is 1.80 bits per heavy atom. The summed E-state index contributed by atoms with van der Waals surface area (Å²) >= 11 is 7.82. The second-order valence-electron chi connectivity index (χ2n) is 9.10. The van der Waals surface area contributed by atoms with Gasteiger partial charge in [-0.05, 0) is 52.4 Å². The van der Waals surface area contributed by atoms with Gasteiger partial charge in [-0.3, -0.25) is 4.79 Å². The fourth-order valence-corrected chi connectivity index (χ4v) is 11.8. The minimum Gasteiger partial charge on any atom is -0.411 e. The van der Waals surface area contributed by atoms with Gasteiger partial charge in [-0.1, -0.05) is 59.2 Å². The summed E-state index contributed by atoms with van der Waals surface area (Å²) in [7, 11) is -2.01. The van der Waals surface area contributed by atoms with Crippen molar-refractivity contribution in [1.82, 2.24) is 0 Å². The third kappa shape index (κ3) is 4.46. The number of thiophene rings is 1. The minimum atomic E-state index is -2.01. The predicted molar refractivity (Wildman–Crippen MR) is 128 cm³/mol. The smallest absolute Gasteiger partial charge is 0.200 e. The van der Waals surface area contributed by atoms with Crippen LogP contribution in [-0.4, -0.2) is 21.2 Å². The summed E-state index contributed by atoms with van der Waals surface area (Å²) in [6, 6.07) is 8.00. The average Bonchev–Trinajstić information content (AvgIpc) is 3.10. The molecule has 3 rings (SSSR count). The van der Waals surface area contributed by atoms with Crippen molar-refractivity contribution < 1.29 is 14.0 Å². The van der Waals surface area contributed by atoms with Crippen molar-refractivity contribution in [2.75, 3.05) is 6.61 Å². The van der Waals surface area contributed by atoms with Gasteiger partial charge in [-0.15, -0.1) is 11.3 Å². The Balaban J connectivity index is 1.98. The molecule has 0 bridgehead atoms. The molecule has 1 unspecified atom stereocenters. The average molecular weight is 465 g/mol. The number of ether oxygens (including phenoxy) is 1. The summed E-state index contributed by atoms with van der Waals surface area (Å²) in [5.41, 5.74) is 4.94. The number of fused-ring (bicyclic) bond motifs is 1. The van der Waals surface area contributed by atoms with Gasteiger partial charge in [0.2, 0.25) is 8.32 Å². The first-order valence-electron chi connectivity index (χ1n) is 10.8. The molecule has 1 aliphatic rings. The number of rotatable bonds is 8. The van der Waals surface area contributed by atoms with Crippen molar-refractivity contribution in [3.05, 3.63) is 55.7 Å². The van der Waals surface area contributed by atoms with E-state index in [0.717, 1.165) is 28.7 Å². The Morgan fingerprint density at radius 3 is 2.40 bits per heavy atom. The molecule has 1 aromatic carbocycles. The Labute approximate surface area is 190 Å². The topological polar surface area (TPSA) is 35.5 Å². The molecule has 0 saturated heterocycles. The fourth-order valence-electron chi connectivity index (χ4n) is 5.22. The molecule has 1 aliphatic heterocycles. The molecule has 0 N–H and O–H groups in total. The van der Waals surface area contributed by atoms with Crippen LogP contribution in [0.2, 0.25) is 21.6 Å². The summed E-state index contributed by atoms with van der Waals surface area (Å²) in [6.07, 6.45) is 1.60. The molecule has 0 fully saturated rings. The molecular weight excluding hydrogens is 432 g/mol. The van der Waals surface area contributed by atoms with Gasteiger partial charge < -0.3 is 9.16 Å². The van der Waals surface area contributed by atoms with Crippen LogP contribution in [0, 0.1) is 0 Å². The number of carbonyl (C=O) groups excluding carboxylic acids is 1. The lowest BCUT2D eigenvalue weighted by atomic mass is 9.93. The van der Waals surface area contributed by atoms with Gasteiger partial charge in [-0.2, -0.15) is 0 Å². The number of hydrogen-bond acceptors (Lipinski definition) is 4. The predicted octanol–water partition coefficient (Wildman–Crippen LogP) is 7.57. The molecular formula is C24H33ClO3SSi. The van der Waals surface area contributed by atoms with Crippen LogP contribution in [0.4, 0.5) is 0 Å². The monoisotopic (exact) mass is 464 g/mol. The van der Waals surface area contributed by atoms with Crippen molar-refractivity contribution in [3.8, 4) is 0 Å². The third-order valence-corrected chi connectivity index (χ3v) is 13.8. The van der Waals surface area contributed by atoms with Crippen LogP contribution < -0.4 is 0 Å². The van der Waals surface area contributed by atoms with Crippen molar-refractivity contribution in [3.63, 3.8) is 0 Å². The molecule has 1 aromatic heterocycles. The first kappa shape index (κ1) is 23.7. The molecule has 0 spiro atoms. The summed E-state index contributed by atoms with van der Waals surface area (Å²) in [6.45, 7) is 14.9. The maximum atomic E-state index is 11.6. The quantitative estimate of drug-likeness (QED) is 0.298. The van der Waals surface area contributed by atoms with Gasteiger partial charge in [-0.25, -0.2) is 0 Å². The van der Waals surface area contributed by atoms with E-state index in [1.807, 2.05) is 18.2 Å². The van der Waals surface area contributed by atoms with Gasteiger partial charge >= 0.3 is 0 Å². The summed E-state index contributed by atoms with van der Waals surface area (Å²) in [5.74, 6) is 0. The van der Waals surface area contributed by atoms with E-state index in [9.17, 15) is 4.79 Å². The van der Waals surface area contributed by atoms with E-state index in [4.69, 9.17) is 20.8 Å².